The fourth-order valence-corrected chi connectivity index (χ4v) is 10.8. The Labute approximate surface area is 531 Å². The van der Waals surface area contributed by atoms with Crippen LogP contribution in [0, 0.1) is 35.5 Å². The van der Waals surface area contributed by atoms with Crippen LogP contribution in [0.2, 0.25) is 0 Å². The van der Waals surface area contributed by atoms with Gasteiger partial charge in [-0.2, -0.15) is 0 Å². The maximum atomic E-state index is 14.6. The Hall–Kier alpha value is -8.12. The number of nitrogens with zero attached hydrogens (tertiary/aromatic N) is 3. The summed E-state index contributed by atoms with van der Waals surface area (Å²) in [5, 5.41) is 43.8. The number of unbranched alkanes of at least 4 members (excludes halogenated alkanes) is 1. The van der Waals surface area contributed by atoms with Crippen LogP contribution in [0.5, 0.6) is 5.75 Å². The highest BCUT2D eigenvalue weighted by Gasteiger charge is 2.41. The zero-order valence-electron chi connectivity index (χ0n) is 53.5. The summed E-state index contributed by atoms with van der Waals surface area (Å²) in [5.41, 5.74) is 40.0. The molecule has 30 heteroatoms. The Morgan fingerprint density at radius 1 is 0.582 bits per heavy atom. The van der Waals surface area contributed by atoms with E-state index in [0.29, 0.717) is 24.8 Å². The van der Waals surface area contributed by atoms with Crippen LogP contribution in [0.1, 0.15) is 150 Å². The number of aromatic hydroxyl groups is 1. The minimum atomic E-state index is -1.82. The highest BCUT2D eigenvalue weighted by molar-refractivity contribution is 5.99. The zero-order valence-corrected chi connectivity index (χ0v) is 53.5. The van der Waals surface area contributed by atoms with Crippen LogP contribution >= 0.6 is 0 Å². The van der Waals surface area contributed by atoms with Crippen molar-refractivity contribution in [2.45, 2.75) is 193 Å². The zero-order chi connectivity index (χ0) is 68.7. The van der Waals surface area contributed by atoms with Gasteiger partial charge < -0.3 is 86.9 Å². The number of aliphatic hydroxyl groups excluding tert-OH is 1. The highest BCUT2D eigenvalue weighted by atomic mass is 16.4. The second-order valence-corrected chi connectivity index (χ2v) is 24.4. The number of carbonyl (C=O) groups excluding carboxylic acids is 11. The number of phenolic OH excluding ortho intramolecular Hbond substituents is 1. The number of ketones is 4. The van der Waals surface area contributed by atoms with Gasteiger partial charge in [0.2, 0.25) is 41.4 Å². The third-order valence-electron chi connectivity index (χ3n) is 15.5. The third-order valence-corrected chi connectivity index (χ3v) is 15.5. The van der Waals surface area contributed by atoms with E-state index in [1.807, 2.05) is 27.7 Å². The number of Topliss-reactive ketones (excluding diaryl/α,β-unsaturated/α-hetero) is 4. The van der Waals surface area contributed by atoms with Crippen LogP contribution in [0.4, 0.5) is 0 Å². The summed E-state index contributed by atoms with van der Waals surface area (Å²) < 4.78 is 0. The fourth-order valence-electron chi connectivity index (χ4n) is 10.8. The Morgan fingerprint density at radius 2 is 1.10 bits per heavy atom. The number of carbonyl (C=O) groups is 12. The minimum Gasteiger partial charge on any atom is -0.508 e. The summed E-state index contributed by atoms with van der Waals surface area (Å²) in [5.74, 6) is -14.8. The largest absolute Gasteiger partial charge is 0.508 e. The molecule has 1 heterocycles. The molecule has 0 aliphatic carbocycles. The number of amides is 7. The molecule has 0 unspecified atom stereocenters. The van der Waals surface area contributed by atoms with Crippen molar-refractivity contribution in [2.75, 3.05) is 32.7 Å². The van der Waals surface area contributed by atoms with E-state index < -0.39 is 162 Å². The lowest BCUT2D eigenvalue weighted by Crippen LogP contribution is -2.59. The first-order chi connectivity index (χ1) is 42.8. The van der Waals surface area contributed by atoms with Gasteiger partial charge in [-0.1, -0.05) is 39.8 Å². The average molecular weight is 1280 g/mol. The molecule has 91 heavy (non-hydrogen) atoms. The van der Waals surface area contributed by atoms with Crippen molar-refractivity contribution in [3.05, 3.63) is 29.8 Å². The van der Waals surface area contributed by atoms with Crippen LogP contribution in [0.15, 0.2) is 34.3 Å². The van der Waals surface area contributed by atoms with E-state index in [1.54, 1.807) is 0 Å². The molecule has 1 aliphatic heterocycles. The quantitative estimate of drug-likeness (QED) is 0.0197. The van der Waals surface area contributed by atoms with Crippen molar-refractivity contribution in [3.63, 3.8) is 0 Å². The predicted octanol–water partition coefficient (Wildman–Crippen LogP) is -1.70. The van der Waals surface area contributed by atoms with Gasteiger partial charge in [0.05, 0.1) is 36.6 Å². The van der Waals surface area contributed by atoms with Gasteiger partial charge in [-0.3, -0.25) is 67.5 Å². The number of guanidine groups is 2. The molecule has 22 N–H and O–H groups in total. The minimum absolute atomic E-state index is 0.00933. The molecule has 1 aromatic rings. The standard InChI is InChI=1S/C61H101N15O15/c1-33(2)24-39(54(64)86)28-48(80)44(14-10-22-70-61(67)68)73-55(87)40(26-37-16-18-42(79)19-17-37)29-49(81)43(13-7-8-20-62)72-56(88)41(31-52(84)85)30-51(83)53(35(5)77)75-57(89)46(32-63)74-58(90)47-15-11-23-76(47)59(91)38(12-9-21-69-60(65)66)27-50(82)45(25-34(3)4)71-36(6)78/h16-19,33-35,38-41,43-47,53,77,79H,7-15,20-32,62-63H2,1-6H3,(H2,64,86)(H,71,78)(H,72,88)(H,73,87)(H,74,90)(H,75,89)(H,84,85)(H4,65,66,69)(H4,67,68,70)/t35-,38-,39-,40-,41+,43+,44+,45+,46+,47+,53+/m1/s1. The molecule has 11 atom stereocenters. The summed E-state index contributed by atoms with van der Waals surface area (Å²) in [6.07, 6.45) is -2.54. The Kier molecular flexibility index (Phi) is 35.2. The number of likely N-dealkylation sites (tertiary alicyclic amines) is 1. The number of nitrogens with one attached hydrogen (secondary N) is 5. The lowest BCUT2D eigenvalue weighted by Gasteiger charge is -2.30. The van der Waals surface area contributed by atoms with Crippen LogP contribution in [0.3, 0.4) is 0 Å². The number of hydrogen-bond donors (Lipinski definition) is 15. The van der Waals surface area contributed by atoms with Gasteiger partial charge in [-0.05, 0) is 120 Å². The number of phenols is 1. The van der Waals surface area contributed by atoms with E-state index >= 15 is 0 Å². The van der Waals surface area contributed by atoms with Crippen LogP contribution in [-0.2, 0) is 64.0 Å². The van der Waals surface area contributed by atoms with Gasteiger partial charge >= 0.3 is 5.97 Å². The van der Waals surface area contributed by atoms with Crippen LogP contribution in [0.25, 0.3) is 0 Å². The lowest BCUT2D eigenvalue weighted by molar-refractivity contribution is -0.144. The van der Waals surface area contributed by atoms with Crippen molar-refractivity contribution < 1.29 is 72.9 Å². The molecule has 1 fully saturated rings. The Bertz CT molecular complexity index is 2680. The molecule has 1 aromatic carbocycles. The predicted molar refractivity (Wildman–Crippen MR) is 338 cm³/mol. The van der Waals surface area contributed by atoms with Crippen LogP contribution in [-0.4, -0.2) is 178 Å². The smallest absolute Gasteiger partial charge is 0.304 e. The first-order valence-corrected chi connectivity index (χ1v) is 31.2. The molecular formula is C61H101N15O15. The highest BCUT2D eigenvalue weighted by Crippen LogP contribution is 2.27. The number of benzene rings is 1. The molecule has 30 nitrogen and oxygen atoms in total. The molecule has 1 aliphatic rings. The van der Waals surface area contributed by atoms with E-state index in [0.717, 1.165) is 6.92 Å². The summed E-state index contributed by atoms with van der Waals surface area (Å²) in [6, 6.07) is -2.25. The SMILES string of the molecule is CC(=O)N[C@@H](CC(C)C)C(=O)C[C@@H](CCCN=C(N)N)C(=O)N1CCC[C@H]1C(=O)N[C@@H](CN)C(=O)N[C@H](C(=O)C[C@@H](CC(=O)O)C(=O)N[C@@H](CCCCN)C(=O)C[C@@H](Cc1ccc(O)cc1)C(=O)N[C@@H](CCCN=C(N)N)C(=O)C[C@@H](CC(C)C)C(N)=O)[C@@H](C)O. The number of hydrogen-bond acceptors (Lipinski definition) is 18. The number of aliphatic hydroxyl groups is 1. The molecule has 0 spiro atoms. The molecule has 0 bridgehead atoms. The van der Waals surface area contributed by atoms with Gasteiger partial charge in [0.1, 0.15) is 23.9 Å². The van der Waals surface area contributed by atoms with E-state index in [-0.39, 0.29) is 126 Å². The Morgan fingerprint density at radius 3 is 1.60 bits per heavy atom. The maximum absolute atomic E-state index is 14.6. The van der Waals surface area contributed by atoms with E-state index in [2.05, 4.69) is 36.6 Å². The van der Waals surface area contributed by atoms with Crippen molar-refractivity contribution in [1.29, 1.82) is 0 Å². The molecule has 2 rings (SSSR count). The number of nitrogens with two attached hydrogens (primary N) is 7. The number of rotatable bonds is 45. The number of primary amides is 1. The monoisotopic (exact) mass is 1280 g/mol. The van der Waals surface area contributed by atoms with E-state index in [4.69, 9.17) is 40.1 Å². The van der Waals surface area contributed by atoms with Crippen molar-refractivity contribution in [3.8, 4) is 5.75 Å². The molecule has 0 aromatic heterocycles. The van der Waals surface area contributed by atoms with Gasteiger partial charge in [-0.25, -0.2) is 0 Å². The number of aliphatic imine (C=N–C) groups is 2. The van der Waals surface area contributed by atoms with Gasteiger partial charge in [0, 0.05) is 76.5 Å². The van der Waals surface area contributed by atoms with E-state index in [1.165, 1.54) is 36.1 Å². The molecule has 7 amide bonds. The summed E-state index contributed by atoms with van der Waals surface area (Å²) in [7, 11) is 0. The number of carboxylic acids is 1. The summed E-state index contributed by atoms with van der Waals surface area (Å²) >= 11 is 0. The summed E-state index contributed by atoms with van der Waals surface area (Å²) in [4.78, 5) is 174. The van der Waals surface area contributed by atoms with Crippen molar-refractivity contribution in [1.82, 2.24) is 31.5 Å². The van der Waals surface area contributed by atoms with Gasteiger partial charge in [0.25, 0.3) is 0 Å². The maximum Gasteiger partial charge on any atom is 0.304 e. The molecule has 1 saturated heterocycles. The Balaban J connectivity index is 2.45. The second-order valence-electron chi connectivity index (χ2n) is 24.4. The fraction of sp³-hybridized carbons (Fsp3) is 0.672. The van der Waals surface area contributed by atoms with Gasteiger partial charge in [0.15, 0.2) is 35.1 Å². The van der Waals surface area contributed by atoms with Crippen molar-refractivity contribution >= 4 is 82.4 Å². The third kappa shape index (κ3) is 29.6. The first kappa shape index (κ1) is 79.0. The van der Waals surface area contributed by atoms with Gasteiger partial charge in [-0.15, -0.1) is 0 Å². The molecular weight excluding hydrogens is 1180 g/mol. The first-order valence-electron chi connectivity index (χ1n) is 31.2. The molecule has 510 valence electrons. The van der Waals surface area contributed by atoms with E-state index in [9.17, 15) is 72.9 Å². The normalized spacial score (nSPS) is 16.3. The summed E-state index contributed by atoms with van der Waals surface area (Å²) in [6.45, 7) is 9.81. The van der Waals surface area contributed by atoms with Crippen molar-refractivity contribution in [2.24, 2.45) is 85.6 Å². The number of carboxylic acid groups (broad SMARTS) is 1. The second kappa shape index (κ2) is 40.6. The number of aliphatic carboxylic acids is 1. The average Bonchev–Trinajstić information content (AvgIpc) is 2.04. The topological polar surface area (TPSA) is 536 Å². The van der Waals surface area contributed by atoms with Crippen LogP contribution < -0.4 is 66.7 Å². The molecule has 0 radical (unpaired) electrons. The lowest BCUT2D eigenvalue weighted by atomic mass is 9.87. The molecule has 0 saturated carbocycles.